The molecule has 2 heterocycles. The molecule has 2 aliphatic rings. The maximum Gasteiger partial charge on any atom is 0.224 e. The minimum absolute atomic E-state index is 0.00932. The summed E-state index contributed by atoms with van der Waals surface area (Å²) in [4.78, 5) is 0. The monoisotopic (exact) mass is 594 g/mol. The molecule has 0 radical (unpaired) electrons. The second-order valence-corrected chi connectivity index (χ2v) is 12.0. The molecule has 0 aromatic heterocycles. The molecule has 11 nitrogen and oxygen atoms in total. The second-order valence-electron chi connectivity index (χ2n) is 12.0. The molecule has 9 atom stereocenters. The van der Waals surface area contributed by atoms with E-state index in [4.69, 9.17) is 14.2 Å². The van der Waals surface area contributed by atoms with E-state index in [-0.39, 0.29) is 6.42 Å². The van der Waals surface area contributed by atoms with Crippen LogP contribution < -0.4 is 0 Å². The number of aliphatic hydroxyl groups is 8. The summed E-state index contributed by atoms with van der Waals surface area (Å²) in [6, 6.07) is 0. The Morgan fingerprint density at radius 1 is 0.512 bits per heavy atom. The predicted octanol–water partition coefficient (Wildman–Crippen LogP) is 1.63. The molecular weight excluding hydrogens is 536 g/mol. The van der Waals surface area contributed by atoms with Gasteiger partial charge in [0.15, 0.2) is 0 Å². The fraction of sp³-hybridized carbons (Fsp3) is 1.00. The highest BCUT2D eigenvalue weighted by Gasteiger charge is 2.63. The first kappa shape index (κ1) is 36.8. The van der Waals surface area contributed by atoms with Gasteiger partial charge in [-0.15, -0.1) is 0 Å². The van der Waals surface area contributed by atoms with E-state index in [1.54, 1.807) is 0 Å². The molecular formula is C30H58O11. The van der Waals surface area contributed by atoms with E-state index in [9.17, 15) is 40.9 Å². The molecule has 244 valence electrons. The van der Waals surface area contributed by atoms with Gasteiger partial charge in [0.1, 0.15) is 49.3 Å². The van der Waals surface area contributed by atoms with Gasteiger partial charge in [-0.3, -0.25) is 0 Å². The Kier molecular flexibility index (Phi) is 17.1. The largest absolute Gasteiger partial charge is 0.394 e. The van der Waals surface area contributed by atoms with Crippen LogP contribution in [0.1, 0.15) is 116 Å². The lowest BCUT2D eigenvalue weighted by Gasteiger charge is -2.51. The van der Waals surface area contributed by atoms with Crippen molar-refractivity contribution in [2.45, 2.75) is 170 Å². The molecule has 0 spiro atoms. The number of aliphatic hydroxyl groups excluding tert-OH is 8. The molecule has 0 bridgehead atoms. The summed E-state index contributed by atoms with van der Waals surface area (Å²) in [5.41, 5.74) is 0. The van der Waals surface area contributed by atoms with Crippen molar-refractivity contribution in [2.75, 3.05) is 19.8 Å². The molecule has 2 saturated heterocycles. The molecule has 11 heteroatoms. The first-order chi connectivity index (χ1) is 19.7. The highest BCUT2D eigenvalue weighted by atomic mass is 16.8. The van der Waals surface area contributed by atoms with E-state index in [0.29, 0.717) is 6.42 Å². The summed E-state index contributed by atoms with van der Waals surface area (Å²) in [6.45, 7) is -0.0720. The molecule has 2 rings (SSSR count). The second kappa shape index (κ2) is 19.1. The van der Waals surface area contributed by atoms with E-state index in [2.05, 4.69) is 6.92 Å². The zero-order chi connectivity index (χ0) is 30.3. The lowest BCUT2D eigenvalue weighted by molar-refractivity contribution is -0.435. The maximum atomic E-state index is 11.0. The number of ether oxygens (including phenoxy) is 3. The van der Waals surface area contributed by atoms with E-state index in [1.807, 2.05) is 0 Å². The van der Waals surface area contributed by atoms with Crippen molar-refractivity contribution in [2.24, 2.45) is 0 Å². The molecule has 0 aliphatic carbocycles. The summed E-state index contributed by atoms with van der Waals surface area (Å²) in [7, 11) is 0. The minimum Gasteiger partial charge on any atom is -0.394 e. The average molecular weight is 595 g/mol. The standard InChI is InChI=1S/C30H58O11/c1-2-3-4-5-6-7-8-9-10-11-12-13-14-15-16-17-18-29(28(38)26(36)24(34)22(19-31)39-29)41-30(21-33)27(37)25(35)23(20-32)40-30/h22-28,31-38H,2-21H2,1H3/t22-,23-,24-,25-,26+,27+,28-,29+,30?/m1/s1. The van der Waals surface area contributed by atoms with Crippen LogP contribution in [0, 0.1) is 0 Å². The van der Waals surface area contributed by atoms with Gasteiger partial charge in [0, 0.05) is 6.42 Å². The fourth-order valence-electron chi connectivity index (χ4n) is 6.01. The summed E-state index contributed by atoms with van der Waals surface area (Å²) < 4.78 is 17.2. The summed E-state index contributed by atoms with van der Waals surface area (Å²) in [5.74, 6) is -4.35. The zero-order valence-electron chi connectivity index (χ0n) is 25.0. The van der Waals surface area contributed by atoms with Crippen molar-refractivity contribution in [3.05, 3.63) is 0 Å². The van der Waals surface area contributed by atoms with Crippen LogP contribution in [0.5, 0.6) is 0 Å². The van der Waals surface area contributed by atoms with Crippen LogP contribution in [-0.2, 0) is 14.2 Å². The molecule has 2 aliphatic heterocycles. The summed E-state index contributed by atoms with van der Waals surface area (Å²) in [6.07, 6.45) is 7.54. The molecule has 41 heavy (non-hydrogen) atoms. The van der Waals surface area contributed by atoms with Crippen LogP contribution >= 0.6 is 0 Å². The van der Waals surface area contributed by atoms with E-state index < -0.39 is 74.1 Å². The number of rotatable bonds is 22. The highest BCUT2D eigenvalue weighted by molar-refractivity contribution is 5.02. The van der Waals surface area contributed by atoms with Gasteiger partial charge in [-0.25, -0.2) is 0 Å². The Morgan fingerprint density at radius 2 is 0.902 bits per heavy atom. The molecule has 1 unspecified atom stereocenters. The van der Waals surface area contributed by atoms with Crippen molar-refractivity contribution in [1.82, 2.24) is 0 Å². The number of hydrogen-bond acceptors (Lipinski definition) is 11. The Balaban J connectivity index is 1.82. The van der Waals surface area contributed by atoms with Crippen molar-refractivity contribution in [1.29, 1.82) is 0 Å². The third kappa shape index (κ3) is 10.3. The maximum absolute atomic E-state index is 11.0. The normalized spacial score (nSPS) is 35.8. The third-order valence-electron chi connectivity index (χ3n) is 8.67. The van der Waals surface area contributed by atoms with Crippen molar-refractivity contribution >= 4 is 0 Å². The Bertz CT molecular complexity index is 683. The molecule has 2 fully saturated rings. The SMILES string of the molecule is CCCCCCCCCCCCCCCCCC[C@@]1(OC2(CO)O[C@H](CO)[C@@H](O)[C@@H]2O)O[C@H](CO)[C@@H](O)[C@H](O)[C@H]1O. The first-order valence-electron chi connectivity index (χ1n) is 16.0. The van der Waals surface area contributed by atoms with Crippen molar-refractivity contribution in [3.8, 4) is 0 Å². The molecule has 8 N–H and O–H groups in total. The van der Waals surface area contributed by atoms with Gasteiger partial charge in [0.2, 0.25) is 11.6 Å². The van der Waals surface area contributed by atoms with Gasteiger partial charge in [0.25, 0.3) is 0 Å². The Morgan fingerprint density at radius 3 is 1.32 bits per heavy atom. The van der Waals surface area contributed by atoms with Crippen molar-refractivity contribution in [3.63, 3.8) is 0 Å². The predicted molar refractivity (Wildman–Crippen MR) is 152 cm³/mol. The fourth-order valence-corrected chi connectivity index (χ4v) is 6.01. The van der Waals surface area contributed by atoms with Crippen molar-refractivity contribution < 1.29 is 55.1 Å². The lowest BCUT2D eigenvalue weighted by Crippen LogP contribution is -2.69. The Labute approximate surface area is 245 Å². The van der Waals surface area contributed by atoms with Gasteiger partial charge in [-0.1, -0.05) is 103 Å². The van der Waals surface area contributed by atoms with Crippen LogP contribution in [0.15, 0.2) is 0 Å². The van der Waals surface area contributed by atoms with Crippen LogP contribution in [0.2, 0.25) is 0 Å². The molecule has 0 saturated carbocycles. The quantitative estimate of drug-likeness (QED) is 0.0851. The number of unbranched alkanes of at least 4 members (excludes halogenated alkanes) is 15. The van der Waals surface area contributed by atoms with Crippen LogP contribution in [0.4, 0.5) is 0 Å². The van der Waals surface area contributed by atoms with Gasteiger partial charge >= 0.3 is 0 Å². The van der Waals surface area contributed by atoms with Gasteiger partial charge in [-0.05, 0) is 6.42 Å². The minimum atomic E-state index is -2.27. The van der Waals surface area contributed by atoms with Crippen LogP contribution in [0.3, 0.4) is 0 Å². The van der Waals surface area contributed by atoms with E-state index in [0.717, 1.165) is 25.7 Å². The smallest absolute Gasteiger partial charge is 0.224 e. The summed E-state index contributed by atoms with van der Waals surface area (Å²) >= 11 is 0. The van der Waals surface area contributed by atoms with E-state index in [1.165, 1.54) is 70.6 Å². The zero-order valence-corrected chi connectivity index (χ0v) is 25.0. The topological polar surface area (TPSA) is 190 Å². The first-order valence-corrected chi connectivity index (χ1v) is 16.0. The lowest BCUT2D eigenvalue weighted by atomic mass is 9.88. The molecule has 0 aromatic rings. The number of hydrogen-bond donors (Lipinski definition) is 8. The van der Waals surface area contributed by atoms with Gasteiger partial charge < -0.3 is 55.1 Å². The molecule has 0 aromatic carbocycles. The Hall–Kier alpha value is -0.440. The molecule has 0 amide bonds. The third-order valence-corrected chi connectivity index (χ3v) is 8.67. The van der Waals surface area contributed by atoms with Gasteiger partial charge in [0.05, 0.1) is 13.2 Å². The average Bonchev–Trinajstić information content (AvgIpc) is 3.22. The highest BCUT2D eigenvalue weighted by Crippen LogP contribution is 2.43. The van der Waals surface area contributed by atoms with Crippen LogP contribution in [-0.4, -0.2) is 115 Å². The summed E-state index contributed by atoms with van der Waals surface area (Å²) in [5, 5.41) is 82.0. The van der Waals surface area contributed by atoms with Crippen LogP contribution in [0.25, 0.3) is 0 Å². The van der Waals surface area contributed by atoms with E-state index >= 15 is 0 Å². The van der Waals surface area contributed by atoms with Gasteiger partial charge in [-0.2, -0.15) is 0 Å².